The summed E-state index contributed by atoms with van der Waals surface area (Å²) in [5.74, 6) is 1.11. The molecule has 2 saturated heterocycles. The van der Waals surface area contributed by atoms with Crippen LogP contribution in [0.1, 0.15) is 30.4 Å². The maximum atomic E-state index is 12.9. The van der Waals surface area contributed by atoms with Gasteiger partial charge in [-0.1, -0.05) is 6.07 Å². The largest absolute Gasteiger partial charge is 0.492 e. The molecule has 0 radical (unpaired) electrons. The number of halogens is 2. The summed E-state index contributed by atoms with van der Waals surface area (Å²) in [4.78, 5) is 17.0. The predicted molar refractivity (Wildman–Crippen MR) is 119 cm³/mol. The van der Waals surface area contributed by atoms with Crippen LogP contribution in [0.3, 0.4) is 0 Å². The Kier molecular flexibility index (Phi) is 9.54. The Hall–Kier alpha value is -1.01. The maximum Gasteiger partial charge on any atom is 0.239 e. The first-order valence-electron chi connectivity index (χ1n) is 9.76. The average molecular weight is 432 g/mol. The molecule has 0 aliphatic carbocycles. The molecule has 2 fully saturated rings. The molecule has 5 nitrogen and oxygen atoms in total. The Morgan fingerprint density at radius 1 is 1.21 bits per heavy atom. The number of nitrogens with zero attached hydrogens (tertiary/aromatic N) is 2. The minimum atomic E-state index is 0. The van der Waals surface area contributed by atoms with Crippen molar-refractivity contribution in [2.45, 2.75) is 39.2 Å². The first-order chi connectivity index (χ1) is 12.4. The Morgan fingerprint density at radius 3 is 2.43 bits per heavy atom. The zero-order chi connectivity index (χ0) is 18.7. The molecule has 1 unspecified atom stereocenters. The van der Waals surface area contributed by atoms with Gasteiger partial charge >= 0.3 is 0 Å². The first-order valence-corrected chi connectivity index (χ1v) is 9.76. The van der Waals surface area contributed by atoms with Gasteiger partial charge in [0.2, 0.25) is 5.91 Å². The first kappa shape index (κ1) is 25.0. The number of ether oxygens (including phenoxy) is 1. The van der Waals surface area contributed by atoms with Crippen LogP contribution in [0, 0.1) is 19.3 Å². The van der Waals surface area contributed by atoms with Gasteiger partial charge in [-0.05, 0) is 81.9 Å². The molecule has 1 amide bonds. The number of carbonyl (C=O) groups excluding carboxylic acids is 1. The number of aryl methyl sites for hydroxylation is 2. The van der Waals surface area contributed by atoms with Gasteiger partial charge in [0, 0.05) is 13.6 Å². The van der Waals surface area contributed by atoms with Crippen molar-refractivity contribution in [1.82, 2.24) is 15.1 Å². The Labute approximate surface area is 182 Å². The summed E-state index contributed by atoms with van der Waals surface area (Å²) in [5.41, 5.74) is 2.73. The van der Waals surface area contributed by atoms with E-state index < -0.39 is 0 Å². The minimum Gasteiger partial charge on any atom is -0.492 e. The number of carbonyl (C=O) groups is 1. The number of piperidine rings is 1. The van der Waals surface area contributed by atoms with Crippen LogP contribution in [0.15, 0.2) is 18.2 Å². The molecule has 7 heteroatoms. The number of hydrogen-bond acceptors (Lipinski definition) is 4. The van der Waals surface area contributed by atoms with Crippen molar-refractivity contribution < 1.29 is 9.53 Å². The molecule has 2 heterocycles. The molecule has 160 valence electrons. The Balaban J connectivity index is 0.00000196. The second-order valence-electron chi connectivity index (χ2n) is 8.32. The van der Waals surface area contributed by atoms with Crippen molar-refractivity contribution in [3.05, 3.63) is 29.3 Å². The van der Waals surface area contributed by atoms with Crippen molar-refractivity contribution in [3.8, 4) is 5.75 Å². The van der Waals surface area contributed by atoms with E-state index in [4.69, 9.17) is 4.74 Å². The van der Waals surface area contributed by atoms with Crippen LogP contribution in [0.5, 0.6) is 5.75 Å². The molecule has 1 aromatic rings. The van der Waals surface area contributed by atoms with Crippen LogP contribution >= 0.6 is 24.8 Å². The summed E-state index contributed by atoms with van der Waals surface area (Å²) in [5, 5.41) is 3.44. The average Bonchev–Trinajstić information content (AvgIpc) is 2.89. The summed E-state index contributed by atoms with van der Waals surface area (Å²) >= 11 is 0. The third-order valence-corrected chi connectivity index (χ3v) is 5.96. The van der Waals surface area contributed by atoms with E-state index in [-0.39, 0.29) is 36.8 Å². The summed E-state index contributed by atoms with van der Waals surface area (Å²) in [7, 11) is 3.99. The van der Waals surface area contributed by atoms with E-state index in [1.54, 1.807) is 0 Å². The lowest BCUT2D eigenvalue weighted by Crippen LogP contribution is -2.43. The van der Waals surface area contributed by atoms with Crippen LogP contribution < -0.4 is 10.1 Å². The predicted octanol–water partition coefficient (Wildman–Crippen LogP) is 3.06. The van der Waals surface area contributed by atoms with E-state index in [1.165, 1.54) is 24.0 Å². The van der Waals surface area contributed by atoms with Gasteiger partial charge < -0.3 is 15.0 Å². The van der Waals surface area contributed by atoms with E-state index in [0.29, 0.717) is 18.6 Å². The van der Waals surface area contributed by atoms with Crippen LogP contribution in [-0.4, -0.2) is 68.6 Å². The van der Waals surface area contributed by atoms with Crippen molar-refractivity contribution in [2.75, 3.05) is 46.9 Å². The van der Waals surface area contributed by atoms with E-state index in [0.717, 1.165) is 31.8 Å². The molecular weight excluding hydrogens is 397 g/mol. The number of benzene rings is 1. The summed E-state index contributed by atoms with van der Waals surface area (Å²) in [6, 6.07) is 6.23. The summed E-state index contributed by atoms with van der Waals surface area (Å²) < 4.78 is 5.87. The zero-order valence-electron chi connectivity index (χ0n) is 17.5. The topological polar surface area (TPSA) is 44.8 Å². The molecule has 3 rings (SSSR count). The molecule has 28 heavy (non-hydrogen) atoms. The summed E-state index contributed by atoms with van der Waals surface area (Å²) in [6.45, 7) is 8.48. The van der Waals surface area contributed by atoms with Crippen LogP contribution in [0.2, 0.25) is 0 Å². The van der Waals surface area contributed by atoms with Gasteiger partial charge in [-0.15, -0.1) is 24.8 Å². The monoisotopic (exact) mass is 431 g/mol. The molecule has 0 saturated carbocycles. The number of rotatable bonds is 5. The molecule has 1 atom stereocenters. The van der Waals surface area contributed by atoms with Gasteiger partial charge in [0.15, 0.2) is 0 Å². The molecule has 2 aliphatic rings. The quantitative estimate of drug-likeness (QED) is 0.777. The van der Waals surface area contributed by atoms with Crippen LogP contribution in [-0.2, 0) is 4.79 Å². The normalized spacial score (nSPS) is 20.9. The zero-order valence-corrected chi connectivity index (χ0v) is 19.1. The van der Waals surface area contributed by atoms with E-state index in [9.17, 15) is 4.79 Å². The minimum absolute atomic E-state index is 0. The number of nitrogens with one attached hydrogen (secondary N) is 1. The maximum absolute atomic E-state index is 12.9. The second kappa shape index (κ2) is 10.7. The SMILES string of the molecule is Cc1cc(C)cc(OCCN(C)C(=O)C2CC3(CCNCC3)CN2C)c1.Cl.Cl. The van der Waals surface area contributed by atoms with Gasteiger partial charge in [-0.2, -0.15) is 0 Å². The highest BCUT2D eigenvalue weighted by molar-refractivity contribution is 5.85. The number of likely N-dealkylation sites (N-methyl/N-ethyl adjacent to an activating group) is 2. The van der Waals surface area contributed by atoms with E-state index in [2.05, 4.69) is 37.2 Å². The molecule has 1 N–H and O–H groups in total. The molecular formula is C21H35Cl2N3O2. The highest BCUT2D eigenvalue weighted by Crippen LogP contribution is 2.41. The van der Waals surface area contributed by atoms with Crippen molar-refractivity contribution in [1.29, 1.82) is 0 Å². The lowest BCUT2D eigenvalue weighted by molar-refractivity contribution is -0.134. The van der Waals surface area contributed by atoms with Gasteiger partial charge in [-0.3, -0.25) is 9.69 Å². The fourth-order valence-corrected chi connectivity index (χ4v) is 4.55. The highest BCUT2D eigenvalue weighted by atomic mass is 35.5. The second-order valence-corrected chi connectivity index (χ2v) is 8.32. The molecule has 1 spiro atoms. The van der Waals surface area contributed by atoms with Crippen LogP contribution in [0.25, 0.3) is 0 Å². The fourth-order valence-electron chi connectivity index (χ4n) is 4.55. The lowest BCUT2D eigenvalue weighted by atomic mass is 9.77. The molecule has 0 bridgehead atoms. The lowest BCUT2D eigenvalue weighted by Gasteiger charge is -2.33. The molecule has 2 aliphatic heterocycles. The van der Waals surface area contributed by atoms with E-state index >= 15 is 0 Å². The Bertz CT molecular complexity index is 630. The van der Waals surface area contributed by atoms with Crippen molar-refractivity contribution in [3.63, 3.8) is 0 Å². The van der Waals surface area contributed by atoms with Gasteiger partial charge in [-0.25, -0.2) is 0 Å². The van der Waals surface area contributed by atoms with E-state index in [1.807, 2.05) is 24.1 Å². The van der Waals surface area contributed by atoms with Gasteiger partial charge in [0.1, 0.15) is 12.4 Å². The third-order valence-electron chi connectivity index (χ3n) is 5.96. The standard InChI is InChI=1S/C21H33N3O2.2ClH/c1-16-11-17(2)13-18(12-16)26-10-9-23(3)20(25)19-14-21(15-24(19)4)5-7-22-8-6-21;;/h11-13,19,22H,5-10,14-15H2,1-4H3;2*1H. The Morgan fingerprint density at radius 2 is 1.82 bits per heavy atom. The number of amides is 1. The summed E-state index contributed by atoms with van der Waals surface area (Å²) in [6.07, 6.45) is 3.35. The fraction of sp³-hybridized carbons (Fsp3) is 0.667. The molecule has 1 aromatic carbocycles. The molecule has 0 aromatic heterocycles. The van der Waals surface area contributed by atoms with Crippen molar-refractivity contribution in [2.24, 2.45) is 5.41 Å². The van der Waals surface area contributed by atoms with Crippen LogP contribution in [0.4, 0.5) is 0 Å². The van der Waals surface area contributed by atoms with Gasteiger partial charge in [0.25, 0.3) is 0 Å². The van der Waals surface area contributed by atoms with Gasteiger partial charge in [0.05, 0.1) is 12.6 Å². The van der Waals surface area contributed by atoms with Crippen molar-refractivity contribution >= 4 is 30.7 Å². The smallest absolute Gasteiger partial charge is 0.239 e. The highest BCUT2D eigenvalue weighted by Gasteiger charge is 2.46. The number of hydrogen-bond donors (Lipinski definition) is 1. The number of likely N-dealkylation sites (tertiary alicyclic amines) is 1. The third kappa shape index (κ3) is 5.99.